The third-order valence-electron chi connectivity index (χ3n) is 2.60. The van der Waals surface area contributed by atoms with Crippen molar-refractivity contribution in [3.8, 4) is 0 Å². The molecule has 0 aromatic heterocycles. The van der Waals surface area contributed by atoms with Crippen molar-refractivity contribution >= 4 is 5.97 Å². The van der Waals surface area contributed by atoms with Crippen molar-refractivity contribution in [1.29, 1.82) is 0 Å². The van der Waals surface area contributed by atoms with E-state index in [0.29, 0.717) is 25.5 Å². The van der Waals surface area contributed by atoms with Crippen LogP contribution in [0.25, 0.3) is 0 Å². The van der Waals surface area contributed by atoms with Gasteiger partial charge >= 0.3 is 5.97 Å². The highest BCUT2D eigenvalue weighted by molar-refractivity contribution is 5.69. The molecule has 0 aromatic rings. The molecule has 0 aliphatic carbocycles. The van der Waals surface area contributed by atoms with Gasteiger partial charge < -0.3 is 10.5 Å². The van der Waals surface area contributed by atoms with Gasteiger partial charge in [-0.15, -0.1) is 0 Å². The molecule has 2 N–H and O–H groups in total. The maximum Gasteiger partial charge on any atom is 0.306 e. The van der Waals surface area contributed by atoms with Crippen LogP contribution in [0.3, 0.4) is 0 Å². The first-order valence-electron chi connectivity index (χ1n) is 6.45. The number of carbonyl (C=O) groups is 1. The van der Waals surface area contributed by atoms with Gasteiger partial charge in [0.1, 0.15) is 0 Å². The average molecular weight is 229 g/mol. The van der Waals surface area contributed by atoms with Crippen molar-refractivity contribution in [3.63, 3.8) is 0 Å². The number of nitrogens with two attached hydrogens (primary N) is 1. The molecular weight excluding hydrogens is 202 g/mol. The molecule has 0 aromatic carbocycles. The number of rotatable bonds is 9. The SMILES string of the molecule is CCCCCOC(=O)CC(CN)CC(C)C. The Bertz CT molecular complexity index is 181. The van der Waals surface area contributed by atoms with E-state index in [1.54, 1.807) is 0 Å². The van der Waals surface area contributed by atoms with E-state index >= 15 is 0 Å². The van der Waals surface area contributed by atoms with Crippen LogP contribution in [-0.4, -0.2) is 19.1 Å². The first-order chi connectivity index (χ1) is 7.60. The first-order valence-corrected chi connectivity index (χ1v) is 6.45. The molecule has 3 nitrogen and oxygen atoms in total. The normalized spacial score (nSPS) is 12.8. The summed E-state index contributed by atoms with van der Waals surface area (Å²) in [6.45, 7) is 7.56. The summed E-state index contributed by atoms with van der Waals surface area (Å²) in [5.74, 6) is 0.771. The highest BCUT2D eigenvalue weighted by Gasteiger charge is 2.14. The van der Waals surface area contributed by atoms with E-state index in [2.05, 4.69) is 20.8 Å². The third kappa shape index (κ3) is 8.72. The number of hydrogen-bond donors (Lipinski definition) is 1. The maximum atomic E-state index is 11.5. The summed E-state index contributed by atoms with van der Waals surface area (Å²) in [6, 6.07) is 0. The molecule has 0 saturated carbocycles. The Morgan fingerprint density at radius 2 is 2.00 bits per heavy atom. The van der Waals surface area contributed by atoms with Crippen molar-refractivity contribution in [2.75, 3.05) is 13.2 Å². The number of hydrogen-bond acceptors (Lipinski definition) is 3. The summed E-state index contributed by atoms with van der Waals surface area (Å²) in [5, 5.41) is 0. The monoisotopic (exact) mass is 229 g/mol. The molecule has 1 unspecified atom stereocenters. The molecule has 0 heterocycles. The minimum Gasteiger partial charge on any atom is -0.466 e. The summed E-state index contributed by atoms with van der Waals surface area (Å²) in [6.07, 6.45) is 4.72. The molecule has 0 spiro atoms. The first kappa shape index (κ1) is 15.4. The van der Waals surface area contributed by atoms with E-state index in [1.165, 1.54) is 0 Å². The molecule has 0 bridgehead atoms. The van der Waals surface area contributed by atoms with Crippen LogP contribution in [0, 0.1) is 11.8 Å². The van der Waals surface area contributed by atoms with Gasteiger partial charge in [-0.2, -0.15) is 0 Å². The molecule has 3 heteroatoms. The molecule has 0 aliphatic rings. The Morgan fingerprint density at radius 1 is 1.31 bits per heavy atom. The zero-order valence-electron chi connectivity index (χ0n) is 11.0. The van der Waals surface area contributed by atoms with Gasteiger partial charge in [-0.3, -0.25) is 4.79 Å². The Morgan fingerprint density at radius 3 is 2.50 bits per heavy atom. The number of esters is 1. The quantitative estimate of drug-likeness (QED) is 0.488. The van der Waals surface area contributed by atoms with E-state index < -0.39 is 0 Å². The topological polar surface area (TPSA) is 52.3 Å². The van der Waals surface area contributed by atoms with E-state index in [4.69, 9.17) is 10.5 Å². The number of carbonyl (C=O) groups excluding carboxylic acids is 1. The van der Waals surface area contributed by atoms with Crippen LogP contribution in [0.15, 0.2) is 0 Å². The fourth-order valence-electron chi connectivity index (χ4n) is 1.76. The zero-order valence-corrected chi connectivity index (χ0v) is 11.0. The van der Waals surface area contributed by atoms with Gasteiger partial charge in [0.05, 0.1) is 6.61 Å². The van der Waals surface area contributed by atoms with Gasteiger partial charge in [0, 0.05) is 6.42 Å². The second kappa shape index (κ2) is 9.64. The van der Waals surface area contributed by atoms with Crippen LogP contribution in [0.2, 0.25) is 0 Å². The molecule has 0 saturated heterocycles. The Hall–Kier alpha value is -0.570. The van der Waals surface area contributed by atoms with Crippen LogP contribution < -0.4 is 5.73 Å². The van der Waals surface area contributed by atoms with Crippen molar-refractivity contribution in [2.45, 2.75) is 52.9 Å². The molecule has 0 amide bonds. The standard InChI is InChI=1S/C13H27NO2/c1-4-5-6-7-16-13(15)9-12(10-14)8-11(2)3/h11-12H,4-10,14H2,1-3H3. The van der Waals surface area contributed by atoms with Gasteiger partial charge in [0.2, 0.25) is 0 Å². The lowest BCUT2D eigenvalue weighted by Gasteiger charge is -2.16. The summed E-state index contributed by atoms with van der Waals surface area (Å²) in [4.78, 5) is 11.5. The number of ether oxygens (including phenoxy) is 1. The van der Waals surface area contributed by atoms with Gasteiger partial charge in [-0.25, -0.2) is 0 Å². The van der Waals surface area contributed by atoms with E-state index in [9.17, 15) is 4.79 Å². The fraction of sp³-hybridized carbons (Fsp3) is 0.923. The average Bonchev–Trinajstić information content (AvgIpc) is 2.23. The molecule has 96 valence electrons. The van der Waals surface area contributed by atoms with Crippen molar-refractivity contribution in [1.82, 2.24) is 0 Å². The van der Waals surface area contributed by atoms with Crippen LogP contribution in [0.1, 0.15) is 52.9 Å². The van der Waals surface area contributed by atoms with Crippen molar-refractivity contribution in [3.05, 3.63) is 0 Å². The fourth-order valence-corrected chi connectivity index (χ4v) is 1.76. The van der Waals surface area contributed by atoms with Gasteiger partial charge in [-0.1, -0.05) is 33.6 Å². The molecule has 0 rings (SSSR count). The van der Waals surface area contributed by atoms with E-state index in [0.717, 1.165) is 25.7 Å². The van der Waals surface area contributed by atoms with Crippen LogP contribution in [0.4, 0.5) is 0 Å². The predicted octanol–water partition coefficient (Wildman–Crippen LogP) is 2.73. The summed E-state index contributed by atoms with van der Waals surface area (Å²) in [7, 11) is 0. The predicted molar refractivity (Wildman–Crippen MR) is 67.1 cm³/mol. The van der Waals surface area contributed by atoms with Gasteiger partial charge in [0.15, 0.2) is 0 Å². The third-order valence-corrected chi connectivity index (χ3v) is 2.60. The Labute approximate surface area is 99.7 Å². The molecule has 0 fully saturated rings. The van der Waals surface area contributed by atoms with Crippen molar-refractivity contribution < 1.29 is 9.53 Å². The highest BCUT2D eigenvalue weighted by Crippen LogP contribution is 2.14. The lowest BCUT2D eigenvalue weighted by atomic mass is 9.94. The Balaban J connectivity index is 3.66. The van der Waals surface area contributed by atoms with Crippen molar-refractivity contribution in [2.24, 2.45) is 17.6 Å². The minimum absolute atomic E-state index is 0.0906. The largest absolute Gasteiger partial charge is 0.466 e. The van der Waals surface area contributed by atoms with E-state index in [1.807, 2.05) is 0 Å². The lowest BCUT2D eigenvalue weighted by Crippen LogP contribution is -2.21. The lowest BCUT2D eigenvalue weighted by molar-refractivity contribution is -0.144. The summed E-state index contributed by atoms with van der Waals surface area (Å²) in [5.41, 5.74) is 5.64. The molecule has 1 atom stereocenters. The number of unbranched alkanes of at least 4 members (excludes halogenated alkanes) is 2. The smallest absolute Gasteiger partial charge is 0.306 e. The summed E-state index contributed by atoms with van der Waals surface area (Å²) < 4.78 is 5.16. The van der Waals surface area contributed by atoms with Gasteiger partial charge in [-0.05, 0) is 31.2 Å². The molecule has 16 heavy (non-hydrogen) atoms. The van der Waals surface area contributed by atoms with Crippen LogP contribution in [-0.2, 0) is 9.53 Å². The zero-order chi connectivity index (χ0) is 12.4. The molecule has 0 aliphatic heterocycles. The molecule has 0 radical (unpaired) electrons. The van der Waals surface area contributed by atoms with Crippen LogP contribution in [0.5, 0.6) is 0 Å². The van der Waals surface area contributed by atoms with Gasteiger partial charge in [0.25, 0.3) is 0 Å². The second-order valence-corrected chi connectivity index (χ2v) is 4.86. The maximum absolute atomic E-state index is 11.5. The highest BCUT2D eigenvalue weighted by atomic mass is 16.5. The van der Waals surface area contributed by atoms with Crippen LogP contribution >= 0.6 is 0 Å². The second-order valence-electron chi connectivity index (χ2n) is 4.86. The van der Waals surface area contributed by atoms with E-state index in [-0.39, 0.29) is 11.9 Å². The summed E-state index contributed by atoms with van der Waals surface area (Å²) >= 11 is 0. The molecular formula is C13H27NO2. The minimum atomic E-state index is -0.0906. The Kier molecular flexibility index (Phi) is 9.30.